The van der Waals surface area contributed by atoms with E-state index < -0.39 is 25.5 Å². The molecule has 11 heteroatoms. The molecule has 0 saturated carbocycles. The number of nitrogens with zero attached hydrogens (tertiary/aromatic N) is 1. The molecule has 8 nitrogen and oxygen atoms in total. The van der Waals surface area contributed by atoms with Gasteiger partial charge in [-0.1, -0.05) is 71.0 Å². The van der Waals surface area contributed by atoms with Crippen LogP contribution in [0.15, 0.2) is 17.0 Å². The molecule has 0 radical (unpaired) electrons. The van der Waals surface area contributed by atoms with Gasteiger partial charge in [-0.3, -0.25) is 9.11 Å². The summed E-state index contributed by atoms with van der Waals surface area (Å²) in [5.74, 6) is 0.477. The fourth-order valence-electron chi connectivity index (χ4n) is 4.23. The summed E-state index contributed by atoms with van der Waals surface area (Å²) < 4.78 is 65.6. The fraction of sp³-hybridized carbons (Fsp3) is 0.667. The molecule has 1 aromatic heterocycles. The molecule has 0 amide bonds. The van der Waals surface area contributed by atoms with Gasteiger partial charge in [-0.25, -0.2) is 4.98 Å². The predicted molar refractivity (Wildman–Crippen MR) is 143 cm³/mol. The first-order valence-corrected chi connectivity index (χ1v) is 15.8. The standard InChI is InChI=1S/C24H38N2O6S3/c1-3-5-6-7-8-9-10-11-12-19(33)15-18-16-21(35(30,31)32)17-22-24(18)26-23(25-22)14-13-20(4-2)34(27,28)29/h16-17,20H,3-15H2,1-2H3,(H,25,26)(H,27,28,29)(H,30,31,32). The van der Waals surface area contributed by atoms with Crippen LogP contribution in [0, 0.1) is 0 Å². The van der Waals surface area contributed by atoms with Crippen LogP contribution >= 0.6 is 12.2 Å². The second kappa shape index (κ2) is 13.8. The number of H-pyrrole nitrogens is 1. The lowest BCUT2D eigenvalue weighted by Gasteiger charge is -2.09. The first kappa shape index (κ1) is 29.8. The number of unbranched alkanes of at least 4 members (excludes halogenated alkanes) is 7. The SMILES string of the molecule is CCCCCCCCCCC(=S)Cc1cc(S(=O)(=O)O)cc2[nH]c(CCC(CC)S(=O)(=O)O)nc12. The molecule has 0 spiro atoms. The Morgan fingerprint density at radius 1 is 1.00 bits per heavy atom. The zero-order valence-corrected chi connectivity index (χ0v) is 23.1. The molecule has 2 rings (SSSR count). The predicted octanol–water partition coefficient (Wildman–Crippen LogP) is 5.85. The van der Waals surface area contributed by atoms with Crippen molar-refractivity contribution in [3.05, 3.63) is 23.5 Å². The maximum atomic E-state index is 11.8. The third kappa shape index (κ3) is 9.87. The number of aromatic amines is 1. The fourth-order valence-corrected chi connectivity index (χ4v) is 5.93. The van der Waals surface area contributed by atoms with Crippen LogP contribution in [0.3, 0.4) is 0 Å². The lowest BCUT2D eigenvalue weighted by molar-refractivity contribution is 0.458. The molecule has 3 N–H and O–H groups in total. The van der Waals surface area contributed by atoms with Crippen LogP contribution < -0.4 is 0 Å². The molecule has 1 heterocycles. The minimum absolute atomic E-state index is 0.173. The van der Waals surface area contributed by atoms with E-state index in [0.717, 1.165) is 24.1 Å². The van der Waals surface area contributed by atoms with Crippen molar-refractivity contribution in [2.45, 2.75) is 107 Å². The van der Waals surface area contributed by atoms with E-state index in [2.05, 4.69) is 16.9 Å². The van der Waals surface area contributed by atoms with Gasteiger partial charge in [0.15, 0.2) is 0 Å². The molecule has 0 bridgehead atoms. The van der Waals surface area contributed by atoms with E-state index in [9.17, 15) is 25.9 Å². The average molecular weight is 547 g/mol. The number of rotatable bonds is 17. The van der Waals surface area contributed by atoms with Crippen LogP contribution in [0.2, 0.25) is 0 Å². The highest BCUT2D eigenvalue weighted by Gasteiger charge is 2.22. The molecule has 2 aromatic rings. The van der Waals surface area contributed by atoms with Crippen LogP contribution in [0.5, 0.6) is 0 Å². The Kier molecular flexibility index (Phi) is 11.7. The van der Waals surface area contributed by atoms with E-state index in [1.165, 1.54) is 50.7 Å². The summed E-state index contributed by atoms with van der Waals surface area (Å²) in [5.41, 5.74) is 1.58. The number of aromatic nitrogens is 2. The molecule has 0 aliphatic heterocycles. The first-order valence-electron chi connectivity index (χ1n) is 12.4. The van der Waals surface area contributed by atoms with Gasteiger partial charge in [0.2, 0.25) is 0 Å². The van der Waals surface area contributed by atoms with Gasteiger partial charge in [0, 0.05) is 12.8 Å². The summed E-state index contributed by atoms with van der Waals surface area (Å²) >= 11 is 5.58. The highest BCUT2D eigenvalue weighted by molar-refractivity contribution is 7.86. The zero-order valence-electron chi connectivity index (χ0n) is 20.6. The van der Waals surface area contributed by atoms with Gasteiger partial charge in [0.1, 0.15) is 5.82 Å². The van der Waals surface area contributed by atoms with Crippen LogP contribution in [0.1, 0.15) is 95.9 Å². The maximum Gasteiger partial charge on any atom is 0.294 e. The third-order valence-corrected chi connectivity index (χ3v) is 8.85. The molecule has 35 heavy (non-hydrogen) atoms. The average Bonchev–Trinajstić information content (AvgIpc) is 3.18. The van der Waals surface area contributed by atoms with Gasteiger partial charge < -0.3 is 4.98 Å². The van der Waals surface area contributed by atoms with Crippen molar-refractivity contribution in [2.24, 2.45) is 0 Å². The van der Waals surface area contributed by atoms with Gasteiger partial charge in [-0.05, 0) is 48.2 Å². The quantitative estimate of drug-likeness (QED) is 0.128. The second-order valence-electron chi connectivity index (χ2n) is 9.16. The molecule has 1 aromatic carbocycles. The summed E-state index contributed by atoms with van der Waals surface area (Å²) in [6.07, 6.45) is 11.4. The largest absolute Gasteiger partial charge is 0.342 e. The number of imidazole rings is 1. The minimum atomic E-state index is -4.43. The Labute approximate surface area is 214 Å². The normalized spacial score (nSPS) is 13.4. The molecule has 1 atom stereocenters. The third-order valence-electron chi connectivity index (χ3n) is 6.26. The van der Waals surface area contributed by atoms with Gasteiger partial charge in [0.05, 0.1) is 21.2 Å². The number of hydrogen-bond donors (Lipinski definition) is 3. The van der Waals surface area contributed by atoms with Gasteiger partial charge in [0.25, 0.3) is 20.2 Å². The number of thiocarbonyl (C=S) groups is 1. The molecule has 0 aliphatic carbocycles. The highest BCUT2D eigenvalue weighted by atomic mass is 32.2. The van der Waals surface area contributed by atoms with Crippen LogP contribution in [-0.4, -0.2) is 46.0 Å². The van der Waals surface area contributed by atoms with E-state index in [1.54, 1.807) is 6.92 Å². The van der Waals surface area contributed by atoms with E-state index in [0.29, 0.717) is 28.8 Å². The Morgan fingerprint density at radius 2 is 1.63 bits per heavy atom. The minimum Gasteiger partial charge on any atom is -0.342 e. The summed E-state index contributed by atoms with van der Waals surface area (Å²) in [7, 11) is -8.59. The topological polar surface area (TPSA) is 137 Å². The van der Waals surface area contributed by atoms with E-state index in [-0.39, 0.29) is 24.2 Å². The van der Waals surface area contributed by atoms with E-state index in [4.69, 9.17) is 12.2 Å². The number of aryl methyl sites for hydroxylation is 1. The van der Waals surface area contributed by atoms with Crippen molar-refractivity contribution >= 4 is 48.4 Å². The van der Waals surface area contributed by atoms with Crippen molar-refractivity contribution in [2.75, 3.05) is 0 Å². The van der Waals surface area contributed by atoms with Gasteiger partial charge in [-0.15, -0.1) is 0 Å². The molecule has 198 valence electrons. The summed E-state index contributed by atoms with van der Waals surface area (Å²) in [5, 5.41) is -0.900. The Morgan fingerprint density at radius 3 is 2.20 bits per heavy atom. The van der Waals surface area contributed by atoms with Crippen molar-refractivity contribution < 1.29 is 25.9 Å². The molecular formula is C24H38N2O6S3. The highest BCUT2D eigenvalue weighted by Crippen LogP contribution is 2.25. The molecule has 0 aliphatic rings. The monoisotopic (exact) mass is 546 g/mol. The van der Waals surface area contributed by atoms with Crippen LogP contribution in [0.4, 0.5) is 0 Å². The Hall–Kier alpha value is -1.40. The molecular weight excluding hydrogens is 508 g/mol. The smallest absolute Gasteiger partial charge is 0.294 e. The second-order valence-corrected chi connectivity index (χ2v) is 12.9. The lowest BCUT2D eigenvalue weighted by Crippen LogP contribution is -2.20. The zero-order chi connectivity index (χ0) is 26.1. The summed E-state index contributed by atoms with van der Waals surface area (Å²) in [6.45, 7) is 3.89. The van der Waals surface area contributed by atoms with Crippen molar-refractivity contribution in [1.82, 2.24) is 9.97 Å². The van der Waals surface area contributed by atoms with Crippen molar-refractivity contribution in [3.63, 3.8) is 0 Å². The maximum absolute atomic E-state index is 11.8. The lowest BCUT2D eigenvalue weighted by atomic mass is 10.0. The van der Waals surface area contributed by atoms with Gasteiger partial charge >= 0.3 is 0 Å². The summed E-state index contributed by atoms with van der Waals surface area (Å²) in [6, 6.07) is 2.71. The number of hydrogen-bond acceptors (Lipinski definition) is 6. The Bertz CT molecular complexity index is 1190. The summed E-state index contributed by atoms with van der Waals surface area (Å²) in [4.78, 5) is 8.14. The van der Waals surface area contributed by atoms with Crippen molar-refractivity contribution in [1.29, 1.82) is 0 Å². The molecule has 1 unspecified atom stereocenters. The van der Waals surface area contributed by atoms with Crippen molar-refractivity contribution in [3.8, 4) is 0 Å². The first-order chi connectivity index (χ1) is 16.5. The number of benzene rings is 1. The van der Waals surface area contributed by atoms with Gasteiger partial charge in [-0.2, -0.15) is 16.8 Å². The number of nitrogens with one attached hydrogen (secondary N) is 1. The van der Waals surface area contributed by atoms with E-state index >= 15 is 0 Å². The van der Waals surface area contributed by atoms with Crippen LogP contribution in [0.25, 0.3) is 11.0 Å². The molecule has 0 fully saturated rings. The number of fused-ring (bicyclic) bond motifs is 1. The Balaban J connectivity index is 2.09. The molecule has 0 saturated heterocycles. The van der Waals surface area contributed by atoms with E-state index in [1.807, 2.05) is 0 Å². The van der Waals surface area contributed by atoms with Crippen LogP contribution in [-0.2, 0) is 33.1 Å².